The van der Waals surface area contributed by atoms with Gasteiger partial charge in [-0.2, -0.15) is 0 Å². The standard InChI is InChI=1S/C7H10N2/c1-6-2-3-7(4-8)9-5-6/h2-3,5H,4,8H2,1H3/i1D3. The van der Waals surface area contributed by atoms with E-state index in [2.05, 4.69) is 4.98 Å². The van der Waals surface area contributed by atoms with Crippen LogP contribution < -0.4 is 5.73 Å². The quantitative estimate of drug-likeness (QED) is 0.604. The molecule has 1 aromatic heterocycles. The van der Waals surface area contributed by atoms with Gasteiger partial charge in [0.25, 0.3) is 0 Å². The second-order valence-electron chi connectivity index (χ2n) is 1.74. The van der Waals surface area contributed by atoms with Crippen LogP contribution in [0, 0.1) is 6.85 Å². The van der Waals surface area contributed by atoms with E-state index < -0.39 is 6.85 Å². The highest BCUT2D eigenvalue weighted by molar-refractivity contribution is 5.11. The molecule has 0 spiro atoms. The number of nitrogens with zero attached hydrogens (tertiary/aromatic N) is 1. The minimum Gasteiger partial charge on any atom is -0.325 e. The van der Waals surface area contributed by atoms with Crippen molar-refractivity contribution in [3.8, 4) is 0 Å². The lowest BCUT2D eigenvalue weighted by Gasteiger charge is -1.93. The molecule has 0 aliphatic heterocycles. The van der Waals surface area contributed by atoms with Gasteiger partial charge in [0.05, 0.1) is 5.69 Å². The van der Waals surface area contributed by atoms with Gasteiger partial charge in [-0.1, -0.05) is 6.07 Å². The Morgan fingerprint density at radius 2 is 2.67 bits per heavy atom. The summed E-state index contributed by atoms with van der Waals surface area (Å²) >= 11 is 0. The Morgan fingerprint density at radius 1 is 1.78 bits per heavy atom. The summed E-state index contributed by atoms with van der Waals surface area (Å²) in [5.41, 5.74) is 6.25. The highest BCUT2D eigenvalue weighted by atomic mass is 14.7. The van der Waals surface area contributed by atoms with Gasteiger partial charge in [-0.05, 0) is 18.5 Å². The number of pyridine rings is 1. The molecule has 2 heteroatoms. The van der Waals surface area contributed by atoms with Crippen LogP contribution >= 0.6 is 0 Å². The molecule has 0 fully saturated rings. The molecular weight excluding hydrogens is 112 g/mol. The van der Waals surface area contributed by atoms with Gasteiger partial charge >= 0.3 is 0 Å². The Hall–Kier alpha value is -0.890. The highest BCUT2D eigenvalue weighted by Gasteiger charge is 1.86. The van der Waals surface area contributed by atoms with Crippen LogP contribution in [0.4, 0.5) is 0 Å². The fraction of sp³-hybridized carbons (Fsp3) is 0.286. The zero-order valence-electron chi connectivity index (χ0n) is 7.96. The topological polar surface area (TPSA) is 38.9 Å². The van der Waals surface area contributed by atoms with Crippen molar-refractivity contribution in [3.05, 3.63) is 29.6 Å². The van der Waals surface area contributed by atoms with E-state index in [0.29, 0.717) is 12.2 Å². The van der Waals surface area contributed by atoms with Crippen molar-refractivity contribution < 1.29 is 4.11 Å². The van der Waals surface area contributed by atoms with E-state index in [1.54, 1.807) is 6.07 Å². The summed E-state index contributed by atoms with van der Waals surface area (Å²) in [6.07, 6.45) is 1.34. The predicted octanol–water partition coefficient (Wildman–Crippen LogP) is 0.849. The highest BCUT2D eigenvalue weighted by Crippen LogP contribution is 1.95. The Labute approximate surface area is 58.9 Å². The molecule has 2 nitrogen and oxygen atoms in total. The molecule has 0 saturated carbocycles. The summed E-state index contributed by atoms with van der Waals surface area (Å²) in [5.74, 6) is 0. The lowest BCUT2D eigenvalue weighted by atomic mass is 10.3. The Bertz CT molecular complexity index is 252. The minimum atomic E-state index is -2.07. The van der Waals surface area contributed by atoms with E-state index >= 15 is 0 Å². The van der Waals surface area contributed by atoms with Gasteiger partial charge in [0.1, 0.15) is 0 Å². The van der Waals surface area contributed by atoms with E-state index in [4.69, 9.17) is 9.85 Å². The maximum atomic E-state index is 7.06. The molecular formula is C7H10N2. The second-order valence-corrected chi connectivity index (χ2v) is 1.74. The van der Waals surface area contributed by atoms with E-state index in [9.17, 15) is 0 Å². The van der Waals surface area contributed by atoms with Crippen LogP contribution in [0.3, 0.4) is 0 Å². The van der Waals surface area contributed by atoms with Crippen LogP contribution in [0.5, 0.6) is 0 Å². The van der Waals surface area contributed by atoms with Gasteiger partial charge in [0.2, 0.25) is 0 Å². The average molecular weight is 125 g/mol. The third-order valence-corrected chi connectivity index (χ3v) is 1.03. The van der Waals surface area contributed by atoms with Crippen molar-refractivity contribution in [2.75, 3.05) is 0 Å². The van der Waals surface area contributed by atoms with Gasteiger partial charge in [0.15, 0.2) is 0 Å². The zero-order chi connectivity index (χ0) is 9.19. The fourth-order valence-corrected chi connectivity index (χ4v) is 0.545. The predicted molar refractivity (Wildman–Crippen MR) is 36.9 cm³/mol. The first-order valence-corrected chi connectivity index (χ1v) is 2.69. The summed E-state index contributed by atoms with van der Waals surface area (Å²) in [7, 11) is 0. The summed E-state index contributed by atoms with van der Waals surface area (Å²) < 4.78 is 21.2. The van der Waals surface area contributed by atoms with Gasteiger partial charge in [-0.15, -0.1) is 0 Å². The van der Waals surface area contributed by atoms with Crippen LogP contribution in [0.2, 0.25) is 0 Å². The monoisotopic (exact) mass is 125 g/mol. The third-order valence-electron chi connectivity index (χ3n) is 1.03. The number of nitrogens with two attached hydrogens (primary N) is 1. The number of rotatable bonds is 1. The van der Waals surface area contributed by atoms with Crippen LogP contribution in [0.25, 0.3) is 0 Å². The molecule has 0 aromatic carbocycles. The molecule has 9 heavy (non-hydrogen) atoms. The molecule has 2 N–H and O–H groups in total. The molecule has 0 aliphatic carbocycles. The van der Waals surface area contributed by atoms with Gasteiger partial charge < -0.3 is 5.73 Å². The lowest BCUT2D eigenvalue weighted by Crippen LogP contribution is -1.98. The van der Waals surface area contributed by atoms with Crippen molar-refractivity contribution in [1.82, 2.24) is 4.98 Å². The van der Waals surface area contributed by atoms with Crippen LogP contribution in [0.1, 0.15) is 15.4 Å². The van der Waals surface area contributed by atoms with Crippen LogP contribution in [-0.4, -0.2) is 4.98 Å². The number of aryl methyl sites for hydroxylation is 1. The van der Waals surface area contributed by atoms with Crippen molar-refractivity contribution >= 4 is 0 Å². The molecule has 48 valence electrons. The first-order valence-electron chi connectivity index (χ1n) is 4.19. The SMILES string of the molecule is [2H]C([2H])([2H])c1ccc(CN)nc1. The summed E-state index contributed by atoms with van der Waals surface area (Å²) in [4.78, 5) is 3.88. The Morgan fingerprint density at radius 3 is 3.11 bits per heavy atom. The zero-order valence-corrected chi connectivity index (χ0v) is 4.96. The normalized spacial score (nSPS) is 15.9. The van der Waals surface area contributed by atoms with Gasteiger partial charge in [-0.25, -0.2) is 0 Å². The summed E-state index contributed by atoms with van der Waals surface area (Å²) in [6, 6.07) is 3.16. The van der Waals surface area contributed by atoms with E-state index in [1.165, 1.54) is 12.3 Å². The van der Waals surface area contributed by atoms with E-state index in [1.807, 2.05) is 0 Å². The Kier molecular flexibility index (Phi) is 0.958. The van der Waals surface area contributed by atoms with Crippen molar-refractivity contribution in [3.63, 3.8) is 0 Å². The number of hydrogen-bond acceptors (Lipinski definition) is 2. The molecule has 0 saturated heterocycles. The first kappa shape index (κ1) is 3.32. The molecule has 0 amide bonds. The molecule has 1 heterocycles. The number of aromatic nitrogens is 1. The van der Waals surface area contributed by atoms with Crippen molar-refractivity contribution in [2.24, 2.45) is 5.73 Å². The molecule has 0 unspecified atom stereocenters. The molecule has 1 rings (SSSR count). The van der Waals surface area contributed by atoms with Gasteiger partial charge in [0, 0.05) is 16.9 Å². The maximum Gasteiger partial charge on any atom is 0.0539 e. The van der Waals surface area contributed by atoms with E-state index in [0.717, 1.165) is 0 Å². The second kappa shape index (κ2) is 2.60. The van der Waals surface area contributed by atoms with Crippen LogP contribution in [0.15, 0.2) is 18.3 Å². The average Bonchev–Trinajstić information content (AvgIpc) is 2.03. The van der Waals surface area contributed by atoms with E-state index in [-0.39, 0.29) is 5.56 Å². The lowest BCUT2D eigenvalue weighted by molar-refractivity contribution is 0.984. The maximum absolute atomic E-state index is 7.06. The molecule has 0 bridgehead atoms. The van der Waals surface area contributed by atoms with Gasteiger partial charge in [-0.3, -0.25) is 4.98 Å². The van der Waals surface area contributed by atoms with Crippen molar-refractivity contribution in [1.29, 1.82) is 0 Å². The smallest absolute Gasteiger partial charge is 0.0539 e. The Balaban J connectivity index is 2.93. The van der Waals surface area contributed by atoms with Crippen molar-refractivity contribution in [2.45, 2.75) is 13.4 Å². The summed E-state index contributed by atoms with van der Waals surface area (Å²) in [5, 5.41) is 0. The first-order chi connectivity index (χ1) is 5.54. The fourth-order valence-electron chi connectivity index (χ4n) is 0.545. The minimum absolute atomic E-state index is 0.250. The molecule has 1 aromatic rings. The summed E-state index contributed by atoms with van der Waals surface area (Å²) in [6.45, 7) is -1.73. The molecule has 0 aliphatic rings. The largest absolute Gasteiger partial charge is 0.325 e. The third kappa shape index (κ3) is 1.50. The molecule has 0 radical (unpaired) electrons. The molecule has 0 atom stereocenters. The van der Waals surface area contributed by atoms with Crippen LogP contribution in [-0.2, 0) is 6.54 Å². The number of hydrogen-bond donors (Lipinski definition) is 1.